The van der Waals surface area contributed by atoms with Gasteiger partial charge < -0.3 is 15.2 Å². The lowest BCUT2D eigenvalue weighted by atomic mass is 9.89. The van der Waals surface area contributed by atoms with Crippen LogP contribution in [0.5, 0.6) is 0 Å². The number of amides is 1. The molecule has 22 heavy (non-hydrogen) atoms. The first kappa shape index (κ1) is 15.5. The third-order valence-electron chi connectivity index (χ3n) is 4.97. The molecule has 1 aromatic rings. The van der Waals surface area contributed by atoms with Crippen molar-refractivity contribution in [3.63, 3.8) is 0 Å². The number of benzene rings is 1. The number of fused-ring (bicyclic) bond motifs is 1. The van der Waals surface area contributed by atoms with Gasteiger partial charge in [-0.1, -0.05) is 18.2 Å². The molecule has 3 rings (SSSR count). The van der Waals surface area contributed by atoms with E-state index in [0.29, 0.717) is 6.42 Å². The smallest absolute Gasteiger partial charge is 0.224 e. The number of ether oxygens (including phenoxy) is 1. The molecule has 1 amide bonds. The summed E-state index contributed by atoms with van der Waals surface area (Å²) in [5.41, 5.74) is 3.88. The number of aryl methyl sites for hydroxylation is 2. The van der Waals surface area contributed by atoms with Crippen molar-refractivity contribution in [3.05, 3.63) is 34.9 Å². The molecule has 0 aliphatic heterocycles. The molecule has 3 atom stereocenters. The number of carbonyl (C=O) groups excluding carboxylic acids is 1. The first-order valence-corrected chi connectivity index (χ1v) is 8.28. The van der Waals surface area contributed by atoms with Gasteiger partial charge in [0.25, 0.3) is 0 Å². The summed E-state index contributed by atoms with van der Waals surface area (Å²) in [5.74, 6) is -0.0150. The first-order chi connectivity index (χ1) is 10.7. The molecular formula is C18H25NO3. The van der Waals surface area contributed by atoms with Gasteiger partial charge in [-0.15, -0.1) is 0 Å². The number of hydrogen-bond donors (Lipinski definition) is 2. The molecule has 0 aromatic heterocycles. The second-order valence-corrected chi connectivity index (χ2v) is 6.50. The molecule has 0 unspecified atom stereocenters. The Morgan fingerprint density at radius 3 is 2.91 bits per heavy atom. The monoisotopic (exact) mass is 303 g/mol. The number of rotatable bonds is 4. The Bertz CT molecular complexity index is 543. The Hall–Kier alpha value is -1.39. The van der Waals surface area contributed by atoms with Gasteiger partial charge in [0.15, 0.2) is 0 Å². The van der Waals surface area contributed by atoms with Gasteiger partial charge in [0.1, 0.15) is 6.10 Å². The normalized spacial score (nSPS) is 27.5. The van der Waals surface area contributed by atoms with E-state index in [1.165, 1.54) is 17.5 Å². The molecule has 120 valence electrons. The topological polar surface area (TPSA) is 58.6 Å². The third-order valence-corrected chi connectivity index (χ3v) is 4.97. The Morgan fingerprint density at radius 2 is 2.09 bits per heavy atom. The van der Waals surface area contributed by atoms with Crippen LogP contribution in [-0.4, -0.2) is 36.4 Å². The largest absolute Gasteiger partial charge is 0.388 e. The minimum absolute atomic E-state index is 0.0150. The Labute approximate surface area is 131 Å². The van der Waals surface area contributed by atoms with E-state index in [0.717, 1.165) is 37.7 Å². The maximum absolute atomic E-state index is 12.3. The van der Waals surface area contributed by atoms with Crippen molar-refractivity contribution in [2.24, 2.45) is 0 Å². The van der Waals surface area contributed by atoms with Crippen LogP contribution in [0.25, 0.3) is 0 Å². The van der Waals surface area contributed by atoms with Gasteiger partial charge in [-0.3, -0.25) is 4.79 Å². The lowest BCUT2D eigenvalue weighted by Crippen LogP contribution is -2.51. The number of nitrogens with one attached hydrogen (secondary N) is 1. The fourth-order valence-corrected chi connectivity index (χ4v) is 3.73. The second kappa shape index (κ2) is 6.80. The van der Waals surface area contributed by atoms with E-state index in [9.17, 15) is 9.90 Å². The lowest BCUT2D eigenvalue weighted by Gasteiger charge is -2.34. The molecule has 0 heterocycles. The van der Waals surface area contributed by atoms with Gasteiger partial charge in [-0.25, -0.2) is 0 Å². The molecule has 1 fully saturated rings. The van der Waals surface area contributed by atoms with E-state index in [4.69, 9.17) is 4.74 Å². The molecule has 0 saturated heterocycles. The molecule has 2 aliphatic carbocycles. The SMILES string of the molecule is CO[C@@H]1CCC[C@@H](NC(=O)Cc2ccc3c(c2)CCC3)[C@H]1O. The summed E-state index contributed by atoms with van der Waals surface area (Å²) in [6.45, 7) is 0. The Kier molecular flexibility index (Phi) is 4.79. The summed E-state index contributed by atoms with van der Waals surface area (Å²) in [4.78, 5) is 12.3. The average Bonchev–Trinajstić information content (AvgIpc) is 2.97. The van der Waals surface area contributed by atoms with Crippen molar-refractivity contribution >= 4 is 5.91 Å². The van der Waals surface area contributed by atoms with Crippen molar-refractivity contribution in [1.29, 1.82) is 0 Å². The minimum Gasteiger partial charge on any atom is -0.388 e. The van der Waals surface area contributed by atoms with Crippen molar-refractivity contribution < 1.29 is 14.6 Å². The number of methoxy groups -OCH3 is 1. The van der Waals surface area contributed by atoms with Crippen LogP contribution in [0.15, 0.2) is 18.2 Å². The van der Waals surface area contributed by atoms with Crippen LogP contribution in [0, 0.1) is 0 Å². The number of aliphatic hydroxyl groups excluding tert-OH is 1. The summed E-state index contributed by atoms with van der Waals surface area (Å²) in [6.07, 6.45) is 5.76. The van der Waals surface area contributed by atoms with Gasteiger partial charge in [-0.05, 0) is 55.2 Å². The molecule has 2 aliphatic rings. The molecule has 2 N–H and O–H groups in total. The van der Waals surface area contributed by atoms with E-state index in [1.807, 2.05) is 0 Å². The standard InChI is InChI=1S/C18H25NO3/c1-22-16-7-3-6-15(18(16)21)19-17(20)11-12-8-9-13-4-2-5-14(13)10-12/h8-10,15-16,18,21H,2-7,11H2,1H3,(H,19,20)/t15-,16-,18-/m1/s1. The molecule has 1 saturated carbocycles. The summed E-state index contributed by atoms with van der Waals surface area (Å²) < 4.78 is 5.28. The second-order valence-electron chi connectivity index (χ2n) is 6.50. The third kappa shape index (κ3) is 3.33. The van der Waals surface area contributed by atoms with E-state index < -0.39 is 6.10 Å². The van der Waals surface area contributed by atoms with Gasteiger partial charge in [0.2, 0.25) is 5.91 Å². The maximum Gasteiger partial charge on any atom is 0.224 e. The number of hydrogen-bond acceptors (Lipinski definition) is 3. The van der Waals surface area contributed by atoms with Crippen LogP contribution in [0.3, 0.4) is 0 Å². The van der Waals surface area contributed by atoms with Crippen molar-refractivity contribution in [2.45, 2.75) is 63.2 Å². The van der Waals surface area contributed by atoms with Crippen LogP contribution in [-0.2, 0) is 28.8 Å². The Balaban J connectivity index is 1.58. The van der Waals surface area contributed by atoms with Crippen LogP contribution in [0.2, 0.25) is 0 Å². The molecule has 4 heteroatoms. The van der Waals surface area contributed by atoms with Crippen LogP contribution in [0.4, 0.5) is 0 Å². The molecule has 0 radical (unpaired) electrons. The maximum atomic E-state index is 12.3. The molecular weight excluding hydrogens is 278 g/mol. The molecule has 0 spiro atoms. The quantitative estimate of drug-likeness (QED) is 0.891. The summed E-state index contributed by atoms with van der Waals surface area (Å²) in [5, 5.41) is 13.2. The first-order valence-electron chi connectivity index (χ1n) is 8.28. The van der Waals surface area contributed by atoms with Gasteiger partial charge in [0.05, 0.1) is 18.6 Å². The average molecular weight is 303 g/mol. The highest BCUT2D eigenvalue weighted by molar-refractivity contribution is 5.79. The predicted molar refractivity (Wildman–Crippen MR) is 84.8 cm³/mol. The van der Waals surface area contributed by atoms with Crippen molar-refractivity contribution in [1.82, 2.24) is 5.32 Å². The molecule has 4 nitrogen and oxygen atoms in total. The van der Waals surface area contributed by atoms with Gasteiger partial charge in [-0.2, -0.15) is 0 Å². The van der Waals surface area contributed by atoms with Gasteiger partial charge >= 0.3 is 0 Å². The van der Waals surface area contributed by atoms with Crippen LogP contribution in [0.1, 0.15) is 42.4 Å². The fraction of sp³-hybridized carbons (Fsp3) is 0.611. The van der Waals surface area contributed by atoms with Crippen LogP contribution < -0.4 is 5.32 Å². The summed E-state index contributed by atoms with van der Waals surface area (Å²) in [6, 6.07) is 6.18. The van der Waals surface area contributed by atoms with E-state index >= 15 is 0 Å². The van der Waals surface area contributed by atoms with E-state index in [1.54, 1.807) is 7.11 Å². The number of carbonyl (C=O) groups is 1. The van der Waals surface area contributed by atoms with E-state index in [-0.39, 0.29) is 18.1 Å². The van der Waals surface area contributed by atoms with E-state index in [2.05, 4.69) is 23.5 Å². The highest BCUT2D eigenvalue weighted by Gasteiger charge is 2.32. The van der Waals surface area contributed by atoms with Crippen molar-refractivity contribution in [2.75, 3.05) is 7.11 Å². The minimum atomic E-state index is -0.609. The predicted octanol–water partition coefficient (Wildman–Crippen LogP) is 1.76. The lowest BCUT2D eigenvalue weighted by molar-refractivity contribution is -0.124. The zero-order chi connectivity index (χ0) is 15.5. The van der Waals surface area contributed by atoms with Gasteiger partial charge in [0, 0.05) is 7.11 Å². The summed E-state index contributed by atoms with van der Waals surface area (Å²) in [7, 11) is 1.61. The Morgan fingerprint density at radius 1 is 1.27 bits per heavy atom. The highest BCUT2D eigenvalue weighted by Crippen LogP contribution is 2.24. The van der Waals surface area contributed by atoms with Crippen molar-refractivity contribution in [3.8, 4) is 0 Å². The fourth-order valence-electron chi connectivity index (χ4n) is 3.73. The zero-order valence-electron chi connectivity index (χ0n) is 13.2. The molecule has 0 bridgehead atoms. The van der Waals surface area contributed by atoms with Crippen LogP contribution >= 0.6 is 0 Å². The summed E-state index contributed by atoms with van der Waals surface area (Å²) >= 11 is 0. The highest BCUT2D eigenvalue weighted by atomic mass is 16.5. The molecule has 1 aromatic carbocycles. The zero-order valence-corrected chi connectivity index (χ0v) is 13.2. The number of aliphatic hydroxyl groups is 1.